The Morgan fingerprint density at radius 3 is 2.76 bits per heavy atom. The summed E-state index contributed by atoms with van der Waals surface area (Å²) >= 11 is 3.38. The number of rotatable bonds is 7. The van der Waals surface area contributed by atoms with E-state index < -0.39 is 6.10 Å². The summed E-state index contributed by atoms with van der Waals surface area (Å²) in [6, 6.07) is 5.65. The van der Waals surface area contributed by atoms with E-state index in [0.29, 0.717) is 13.2 Å². The summed E-state index contributed by atoms with van der Waals surface area (Å²) < 4.78 is 11.8. The van der Waals surface area contributed by atoms with Crippen molar-refractivity contribution in [3.63, 3.8) is 0 Å². The van der Waals surface area contributed by atoms with E-state index in [1.165, 1.54) is 0 Å². The van der Waals surface area contributed by atoms with E-state index in [4.69, 9.17) is 9.47 Å². The number of hydrogen-bond donors (Lipinski definition) is 1. The van der Waals surface area contributed by atoms with Gasteiger partial charge in [0, 0.05) is 29.7 Å². The average Bonchev–Trinajstić information content (AvgIpc) is 2.30. The van der Waals surface area contributed by atoms with Crippen LogP contribution in [0.25, 0.3) is 0 Å². The van der Waals surface area contributed by atoms with E-state index in [-0.39, 0.29) is 0 Å². The molecule has 1 atom stereocenters. The quantitative estimate of drug-likeness (QED) is 0.785. The molecule has 0 spiro atoms. The molecule has 0 radical (unpaired) electrons. The summed E-state index contributed by atoms with van der Waals surface area (Å²) in [4.78, 5) is 0. The Labute approximate surface area is 111 Å². The lowest BCUT2D eigenvalue weighted by molar-refractivity contribution is 0.129. The third-order valence-electron chi connectivity index (χ3n) is 2.32. The lowest BCUT2D eigenvalue weighted by Gasteiger charge is -2.13. The molecule has 0 bridgehead atoms. The first-order valence-corrected chi connectivity index (χ1v) is 6.62. The lowest BCUT2D eigenvalue weighted by Crippen LogP contribution is -2.05. The van der Waals surface area contributed by atoms with Gasteiger partial charge in [0.25, 0.3) is 0 Å². The molecular weight excluding hydrogens is 284 g/mol. The Bertz CT molecular complexity index is 339. The second kappa shape index (κ2) is 7.69. The van der Waals surface area contributed by atoms with Crippen LogP contribution in [0.5, 0.6) is 5.75 Å². The molecule has 1 N–H and O–H groups in total. The minimum absolute atomic E-state index is 0.533. The van der Waals surface area contributed by atoms with Gasteiger partial charge >= 0.3 is 0 Å². The molecule has 96 valence electrons. The minimum Gasteiger partial charge on any atom is -0.493 e. The topological polar surface area (TPSA) is 38.7 Å². The van der Waals surface area contributed by atoms with Gasteiger partial charge in [-0.3, -0.25) is 0 Å². The van der Waals surface area contributed by atoms with E-state index in [9.17, 15) is 5.11 Å². The molecule has 4 heteroatoms. The molecule has 0 aliphatic rings. The van der Waals surface area contributed by atoms with Crippen molar-refractivity contribution in [3.05, 3.63) is 28.2 Å². The molecule has 0 saturated heterocycles. The lowest BCUT2D eigenvalue weighted by atomic mass is 10.1. The average molecular weight is 303 g/mol. The number of aliphatic hydroxyl groups is 1. The maximum absolute atomic E-state index is 9.64. The normalized spacial score (nSPS) is 12.5. The zero-order valence-electron chi connectivity index (χ0n) is 10.3. The number of halogens is 1. The molecule has 0 fully saturated rings. The van der Waals surface area contributed by atoms with E-state index in [0.717, 1.165) is 28.8 Å². The highest BCUT2D eigenvalue weighted by atomic mass is 79.9. The molecule has 0 amide bonds. The molecule has 0 aliphatic carbocycles. The first-order chi connectivity index (χ1) is 8.15. The minimum atomic E-state index is -0.533. The maximum Gasteiger partial charge on any atom is 0.125 e. The van der Waals surface area contributed by atoms with E-state index in [1.807, 2.05) is 25.1 Å². The van der Waals surface area contributed by atoms with Crippen LogP contribution >= 0.6 is 15.9 Å². The zero-order chi connectivity index (χ0) is 12.7. The van der Waals surface area contributed by atoms with E-state index in [2.05, 4.69) is 15.9 Å². The van der Waals surface area contributed by atoms with Gasteiger partial charge in [-0.1, -0.05) is 15.9 Å². The molecule has 0 saturated carbocycles. The fraction of sp³-hybridized carbons (Fsp3) is 0.538. The first kappa shape index (κ1) is 14.5. The molecule has 17 heavy (non-hydrogen) atoms. The Morgan fingerprint density at radius 1 is 1.35 bits per heavy atom. The number of benzene rings is 1. The Kier molecular flexibility index (Phi) is 6.55. The van der Waals surface area contributed by atoms with Crippen molar-refractivity contribution in [2.45, 2.75) is 26.4 Å². The van der Waals surface area contributed by atoms with Gasteiger partial charge in [-0.15, -0.1) is 0 Å². The second-order valence-electron chi connectivity index (χ2n) is 3.76. The van der Waals surface area contributed by atoms with Crippen LogP contribution in [0.4, 0.5) is 0 Å². The summed E-state index contributed by atoms with van der Waals surface area (Å²) in [5.74, 6) is 0.736. The van der Waals surface area contributed by atoms with Gasteiger partial charge in [0.2, 0.25) is 0 Å². The smallest absolute Gasteiger partial charge is 0.125 e. The van der Waals surface area contributed by atoms with Gasteiger partial charge in [0.15, 0.2) is 0 Å². The van der Waals surface area contributed by atoms with Gasteiger partial charge in [-0.2, -0.15) is 0 Å². The van der Waals surface area contributed by atoms with Crippen LogP contribution in [0.3, 0.4) is 0 Å². The predicted octanol–water partition coefficient (Wildman–Crippen LogP) is 3.31. The highest BCUT2D eigenvalue weighted by Crippen LogP contribution is 2.28. The molecular formula is C13H19BrO3. The number of ether oxygens (including phenoxy) is 2. The molecule has 0 aliphatic heterocycles. The van der Waals surface area contributed by atoms with Crippen LogP contribution < -0.4 is 4.74 Å². The fourth-order valence-corrected chi connectivity index (χ4v) is 1.84. The van der Waals surface area contributed by atoms with Crippen molar-refractivity contribution in [2.75, 3.05) is 19.8 Å². The fourth-order valence-electron chi connectivity index (χ4n) is 1.46. The van der Waals surface area contributed by atoms with Gasteiger partial charge in [0.1, 0.15) is 5.75 Å². The summed E-state index contributed by atoms with van der Waals surface area (Å²) in [6.07, 6.45) is 0.317. The van der Waals surface area contributed by atoms with Gasteiger partial charge in [-0.05, 0) is 32.0 Å². The highest BCUT2D eigenvalue weighted by Gasteiger charge is 2.09. The summed E-state index contributed by atoms with van der Waals surface area (Å²) in [6.45, 7) is 5.74. The van der Waals surface area contributed by atoms with E-state index >= 15 is 0 Å². The van der Waals surface area contributed by atoms with Crippen molar-refractivity contribution in [3.8, 4) is 5.75 Å². The van der Waals surface area contributed by atoms with Gasteiger partial charge in [-0.25, -0.2) is 0 Å². The standard InChI is InChI=1S/C13H19BrO3/c1-3-16-7-4-8-17-13-6-5-11(14)9-12(13)10(2)15/h5-6,9-10,15H,3-4,7-8H2,1-2H3/t10-/m0/s1. The van der Waals surface area contributed by atoms with Crippen LogP contribution in [-0.2, 0) is 4.74 Å². The van der Waals surface area contributed by atoms with Crippen molar-refractivity contribution in [2.24, 2.45) is 0 Å². The summed E-state index contributed by atoms with van der Waals surface area (Å²) in [7, 11) is 0. The van der Waals surface area contributed by atoms with Crippen molar-refractivity contribution in [1.29, 1.82) is 0 Å². The largest absolute Gasteiger partial charge is 0.493 e. The summed E-state index contributed by atoms with van der Waals surface area (Å²) in [5, 5.41) is 9.64. The Balaban J connectivity index is 2.52. The Hall–Kier alpha value is -0.580. The molecule has 3 nitrogen and oxygen atoms in total. The van der Waals surface area contributed by atoms with Crippen LogP contribution in [0, 0.1) is 0 Å². The zero-order valence-corrected chi connectivity index (χ0v) is 11.9. The van der Waals surface area contributed by atoms with Crippen molar-refractivity contribution >= 4 is 15.9 Å². The SMILES string of the molecule is CCOCCCOc1ccc(Br)cc1[C@H](C)O. The van der Waals surface area contributed by atoms with Gasteiger partial charge in [0.05, 0.1) is 12.7 Å². The summed E-state index contributed by atoms with van der Waals surface area (Å²) in [5.41, 5.74) is 0.802. The van der Waals surface area contributed by atoms with Crippen LogP contribution in [-0.4, -0.2) is 24.9 Å². The third kappa shape index (κ3) is 5.06. The highest BCUT2D eigenvalue weighted by molar-refractivity contribution is 9.10. The van der Waals surface area contributed by atoms with E-state index in [1.54, 1.807) is 6.92 Å². The molecule has 0 heterocycles. The number of hydrogen-bond acceptors (Lipinski definition) is 3. The van der Waals surface area contributed by atoms with Gasteiger partial charge < -0.3 is 14.6 Å². The molecule has 0 aromatic heterocycles. The second-order valence-corrected chi connectivity index (χ2v) is 4.67. The predicted molar refractivity (Wildman–Crippen MR) is 71.4 cm³/mol. The monoisotopic (exact) mass is 302 g/mol. The molecule has 1 aromatic carbocycles. The van der Waals surface area contributed by atoms with Crippen LogP contribution in [0.1, 0.15) is 31.9 Å². The van der Waals surface area contributed by atoms with Crippen LogP contribution in [0.2, 0.25) is 0 Å². The first-order valence-electron chi connectivity index (χ1n) is 5.83. The number of aliphatic hydroxyl groups excluding tert-OH is 1. The van der Waals surface area contributed by atoms with Crippen LogP contribution in [0.15, 0.2) is 22.7 Å². The van der Waals surface area contributed by atoms with Crippen molar-refractivity contribution < 1.29 is 14.6 Å². The molecule has 1 rings (SSSR count). The Morgan fingerprint density at radius 2 is 2.12 bits per heavy atom. The maximum atomic E-state index is 9.64. The molecule has 0 unspecified atom stereocenters. The van der Waals surface area contributed by atoms with Crippen molar-refractivity contribution in [1.82, 2.24) is 0 Å². The third-order valence-corrected chi connectivity index (χ3v) is 2.81. The molecule has 1 aromatic rings.